The Morgan fingerprint density at radius 2 is 2.04 bits per heavy atom. The Labute approximate surface area is 159 Å². The predicted octanol–water partition coefficient (Wildman–Crippen LogP) is 2.30. The van der Waals surface area contributed by atoms with Crippen LogP contribution >= 0.6 is 0 Å². The number of nitrogens with one attached hydrogen (secondary N) is 1. The number of methoxy groups -OCH3 is 1. The van der Waals surface area contributed by atoms with Crippen LogP contribution in [0.25, 0.3) is 0 Å². The molecule has 0 radical (unpaired) electrons. The molecule has 0 spiro atoms. The lowest BCUT2D eigenvalue weighted by molar-refractivity contribution is -0.131. The van der Waals surface area contributed by atoms with Crippen molar-refractivity contribution in [1.29, 1.82) is 0 Å². The number of amides is 2. The molecule has 0 saturated carbocycles. The van der Waals surface area contributed by atoms with Crippen molar-refractivity contribution >= 4 is 11.8 Å². The molecule has 142 valence electrons. The fourth-order valence-corrected chi connectivity index (χ4v) is 3.29. The summed E-state index contributed by atoms with van der Waals surface area (Å²) in [6.07, 6.45) is 5.40. The Morgan fingerprint density at radius 3 is 2.74 bits per heavy atom. The van der Waals surface area contributed by atoms with E-state index >= 15 is 0 Å². The number of hydrogen-bond donors (Lipinski definition) is 1. The fraction of sp³-hybridized carbons (Fsp3) is 0.381. The highest BCUT2D eigenvalue weighted by atomic mass is 16.5. The van der Waals surface area contributed by atoms with Gasteiger partial charge in [0.05, 0.1) is 19.1 Å². The minimum atomic E-state index is -0.0976. The predicted molar refractivity (Wildman–Crippen MR) is 103 cm³/mol. The van der Waals surface area contributed by atoms with Crippen LogP contribution in [0.3, 0.4) is 0 Å². The van der Waals surface area contributed by atoms with Crippen LogP contribution in [-0.2, 0) is 11.2 Å². The highest BCUT2D eigenvalue weighted by Crippen LogP contribution is 2.19. The normalized spacial score (nSPS) is 14.6. The van der Waals surface area contributed by atoms with Gasteiger partial charge in [-0.3, -0.25) is 14.6 Å². The third kappa shape index (κ3) is 5.29. The molecule has 1 aromatic heterocycles. The summed E-state index contributed by atoms with van der Waals surface area (Å²) in [6.45, 7) is 2.10. The molecule has 1 aliphatic heterocycles. The number of hydrogen-bond acceptors (Lipinski definition) is 4. The largest absolute Gasteiger partial charge is 0.497 e. The lowest BCUT2D eigenvalue weighted by atomic mass is 9.96. The van der Waals surface area contributed by atoms with Crippen molar-refractivity contribution in [3.63, 3.8) is 0 Å². The Balaban J connectivity index is 1.43. The van der Waals surface area contributed by atoms with Crippen molar-refractivity contribution in [2.24, 2.45) is 5.92 Å². The maximum absolute atomic E-state index is 12.5. The van der Waals surface area contributed by atoms with Crippen molar-refractivity contribution < 1.29 is 14.3 Å². The third-order valence-corrected chi connectivity index (χ3v) is 4.93. The zero-order valence-electron chi connectivity index (χ0n) is 15.6. The maximum Gasteiger partial charge on any atom is 0.252 e. The van der Waals surface area contributed by atoms with Crippen molar-refractivity contribution in [3.05, 3.63) is 59.9 Å². The van der Waals surface area contributed by atoms with Gasteiger partial charge in [0.15, 0.2) is 0 Å². The van der Waals surface area contributed by atoms with Gasteiger partial charge in [0.25, 0.3) is 5.91 Å². The van der Waals surface area contributed by atoms with Gasteiger partial charge in [-0.05, 0) is 48.6 Å². The van der Waals surface area contributed by atoms with Crippen LogP contribution in [0.2, 0.25) is 0 Å². The molecule has 0 aliphatic carbocycles. The number of carbonyl (C=O) groups excluding carboxylic acids is 2. The van der Waals surface area contributed by atoms with E-state index in [1.165, 1.54) is 0 Å². The fourth-order valence-electron chi connectivity index (χ4n) is 3.29. The number of likely N-dealkylation sites (tertiary alicyclic amines) is 1. The summed E-state index contributed by atoms with van der Waals surface area (Å²) in [5.41, 5.74) is 1.54. The van der Waals surface area contributed by atoms with E-state index in [4.69, 9.17) is 4.74 Å². The van der Waals surface area contributed by atoms with E-state index < -0.39 is 0 Å². The van der Waals surface area contributed by atoms with E-state index in [9.17, 15) is 9.59 Å². The van der Waals surface area contributed by atoms with Crippen LogP contribution in [0.1, 0.15) is 28.8 Å². The van der Waals surface area contributed by atoms with E-state index in [2.05, 4.69) is 10.3 Å². The number of benzene rings is 1. The van der Waals surface area contributed by atoms with Gasteiger partial charge in [0.1, 0.15) is 5.75 Å². The maximum atomic E-state index is 12.5. The molecule has 0 atom stereocenters. The van der Waals surface area contributed by atoms with Gasteiger partial charge in [-0.15, -0.1) is 0 Å². The number of rotatable bonds is 6. The number of ether oxygens (including phenoxy) is 1. The molecule has 3 rings (SSSR count). The molecular formula is C21H25N3O3. The molecule has 1 aromatic carbocycles. The van der Waals surface area contributed by atoms with E-state index in [0.717, 1.165) is 37.2 Å². The van der Waals surface area contributed by atoms with Crippen LogP contribution in [-0.4, -0.2) is 48.4 Å². The number of aromatic nitrogens is 1. The number of pyridine rings is 1. The molecule has 1 aliphatic rings. The van der Waals surface area contributed by atoms with E-state index in [1.807, 2.05) is 29.2 Å². The van der Waals surface area contributed by atoms with Gasteiger partial charge in [-0.1, -0.05) is 12.1 Å². The highest BCUT2D eigenvalue weighted by molar-refractivity contribution is 5.93. The minimum absolute atomic E-state index is 0.0976. The molecule has 2 heterocycles. The van der Waals surface area contributed by atoms with Crippen molar-refractivity contribution in [1.82, 2.24) is 15.2 Å². The van der Waals surface area contributed by atoms with Gasteiger partial charge < -0.3 is 15.0 Å². The second kappa shape index (κ2) is 9.16. The van der Waals surface area contributed by atoms with Crippen LogP contribution in [0, 0.1) is 5.92 Å². The topological polar surface area (TPSA) is 71.5 Å². The molecule has 2 amide bonds. The Kier molecular flexibility index (Phi) is 6.41. The van der Waals surface area contributed by atoms with Gasteiger partial charge >= 0.3 is 0 Å². The summed E-state index contributed by atoms with van der Waals surface area (Å²) < 4.78 is 5.21. The average Bonchev–Trinajstić information content (AvgIpc) is 2.73. The molecule has 1 N–H and O–H groups in total. The smallest absolute Gasteiger partial charge is 0.252 e. The standard InChI is InChI=1S/C21H25N3O3/c1-27-19-6-2-4-17(12-19)13-20(25)24-10-7-16(8-11-24)14-23-21(26)18-5-3-9-22-15-18/h2-6,9,12,15-16H,7-8,10-11,13-14H2,1H3,(H,23,26). The highest BCUT2D eigenvalue weighted by Gasteiger charge is 2.23. The number of nitrogens with zero attached hydrogens (tertiary/aromatic N) is 2. The zero-order valence-corrected chi connectivity index (χ0v) is 15.6. The average molecular weight is 367 g/mol. The molecule has 0 bridgehead atoms. The molecular weight excluding hydrogens is 342 g/mol. The minimum Gasteiger partial charge on any atom is -0.497 e. The van der Waals surface area contributed by atoms with Gasteiger partial charge in [-0.25, -0.2) is 0 Å². The Morgan fingerprint density at radius 1 is 1.22 bits per heavy atom. The first-order valence-corrected chi connectivity index (χ1v) is 9.24. The number of carbonyl (C=O) groups is 2. The summed E-state index contributed by atoms with van der Waals surface area (Å²) >= 11 is 0. The van der Waals surface area contributed by atoms with Crippen molar-refractivity contribution in [3.8, 4) is 5.75 Å². The van der Waals surface area contributed by atoms with Crippen LogP contribution in [0.4, 0.5) is 0 Å². The van der Waals surface area contributed by atoms with Crippen LogP contribution in [0.15, 0.2) is 48.8 Å². The lowest BCUT2D eigenvalue weighted by Crippen LogP contribution is -2.42. The SMILES string of the molecule is COc1cccc(CC(=O)N2CCC(CNC(=O)c3cccnc3)CC2)c1. The van der Waals surface area contributed by atoms with Crippen molar-refractivity contribution in [2.45, 2.75) is 19.3 Å². The summed E-state index contributed by atoms with van der Waals surface area (Å²) in [5.74, 6) is 1.20. The molecule has 6 nitrogen and oxygen atoms in total. The quantitative estimate of drug-likeness (QED) is 0.850. The van der Waals surface area contributed by atoms with Crippen LogP contribution in [0.5, 0.6) is 5.75 Å². The molecule has 2 aromatic rings. The Bertz CT molecular complexity index is 771. The first-order valence-electron chi connectivity index (χ1n) is 9.24. The van der Waals surface area contributed by atoms with Crippen molar-refractivity contribution in [2.75, 3.05) is 26.7 Å². The Hall–Kier alpha value is -2.89. The summed E-state index contributed by atoms with van der Waals surface area (Å²) in [4.78, 5) is 30.5. The summed E-state index contributed by atoms with van der Waals surface area (Å²) in [6, 6.07) is 11.1. The van der Waals surface area contributed by atoms with Crippen LogP contribution < -0.4 is 10.1 Å². The van der Waals surface area contributed by atoms with Gasteiger partial charge in [0, 0.05) is 32.0 Å². The third-order valence-electron chi connectivity index (χ3n) is 4.93. The molecule has 1 saturated heterocycles. The van der Waals surface area contributed by atoms with E-state index in [1.54, 1.807) is 31.6 Å². The number of piperidine rings is 1. The first-order chi connectivity index (χ1) is 13.2. The molecule has 6 heteroatoms. The molecule has 1 fully saturated rings. The van der Waals surface area contributed by atoms with Gasteiger partial charge in [0.2, 0.25) is 5.91 Å². The zero-order chi connectivity index (χ0) is 19.1. The molecule has 0 unspecified atom stereocenters. The summed E-state index contributed by atoms with van der Waals surface area (Å²) in [7, 11) is 1.62. The summed E-state index contributed by atoms with van der Waals surface area (Å²) in [5, 5.41) is 2.97. The van der Waals surface area contributed by atoms with E-state index in [0.29, 0.717) is 24.4 Å². The molecule has 27 heavy (non-hydrogen) atoms. The second-order valence-corrected chi connectivity index (χ2v) is 6.80. The van der Waals surface area contributed by atoms with Gasteiger partial charge in [-0.2, -0.15) is 0 Å². The first kappa shape index (κ1) is 18.9. The lowest BCUT2D eigenvalue weighted by Gasteiger charge is -2.32. The van der Waals surface area contributed by atoms with E-state index in [-0.39, 0.29) is 11.8 Å². The second-order valence-electron chi connectivity index (χ2n) is 6.80. The monoisotopic (exact) mass is 367 g/mol.